The maximum absolute atomic E-state index is 9.29. The van der Waals surface area contributed by atoms with E-state index in [2.05, 4.69) is 36.9 Å². The zero-order valence-corrected chi connectivity index (χ0v) is 13.0. The van der Waals surface area contributed by atoms with Gasteiger partial charge in [-0.05, 0) is 0 Å². The SMILES string of the molecule is [CH3][Sn]([CH3])([CH3])[c]1cc(C2(C#N)CCC2)ncn1. The van der Waals surface area contributed by atoms with Crippen LogP contribution in [-0.4, -0.2) is 28.3 Å². The standard InChI is InChI=1S/C9H8N3.3CH3.Sn/c10-6-9(3-1-4-9)8-2-5-11-7-12-8;;;;/h2,7H,1,3-4H2;3*1H3;. The molecule has 1 aromatic rings. The Morgan fingerprint density at radius 2 is 2.00 bits per heavy atom. The van der Waals surface area contributed by atoms with Crippen LogP contribution in [0.25, 0.3) is 0 Å². The molecule has 0 bridgehead atoms. The van der Waals surface area contributed by atoms with Gasteiger partial charge in [0.15, 0.2) is 0 Å². The third-order valence-corrected chi connectivity index (χ3v) is 8.51. The van der Waals surface area contributed by atoms with Crippen LogP contribution in [0, 0.1) is 11.3 Å². The maximum atomic E-state index is 9.29. The first-order valence-corrected chi connectivity index (χ1v) is 15.7. The van der Waals surface area contributed by atoms with Gasteiger partial charge in [0.25, 0.3) is 0 Å². The second kappa shape index (κ2) is 3.99. The molecule has 1 fully saturated rings. The van der Waals surface area contributed by atoms with Gasteiger partial charge in [-0.2, -0.15) is 0 Å². The second-order valence-corrected chi connectivity index (χ2v) is 19.9. The third-order valence-electron chi connectivity index (χ3n) is 3.35. The van der Waals surface area contributed by atoms with Crippen LogP contribution in [0.15, 0.2) is 12.4 Å². The van der Waals surface area contributed by atoms with Crippen molar-refractivity contribution in [1.29, 1.82) is 5.26 Å². The number of nitriles is 1. The minimum atomic E-state index is -2.13. The molecule has 0 spiro atoms. The summed E-state index contributed by atoms with van der Waals surface area (Å²) in [5, 5.41) is 9.29. The van der Waals surface area contributed by atoms with Gasteiger partial charge in [0.1, 0.15) is 0 Å². The van der Waals surface area contributed by atoms with Crippen molar-refractivity contribution in [2.45, 2.75) is 39.5 Å². The van der Waals surface area contributed by atoms with Crippen LogP contribution in [0.4, 0.5) is 0 Å². The van der Waals surface area contributed by atoms with Crippen molar-refractivity contribution in [3.63, 3.8) is 0 Å². The molecule has 0 radical (unpaired) electrons. The van der Waals surface area contributed by atoms with Gasteiger partial charge in [-0.25, -0.2) is 0 Å². The van der Waals surface area contributed by atoms with Crippen molar-refractivity contribution in [2.75, 3.05) is 0 Å². The molecule has 0 aliphatic heterocycles. The number of nitrogens with zero attached hydrogens (tertiary/aromatic N) is 3. The fraction of sp³-hybridized carbons (Fsp3) is 0.583. The van der Waals surface area contributed by atoms with E-state index in [1.165, 1.54) is 3.71 Å². The van der Waals surface area contributed by atoms with E-state index in [9.17, 15) is 5.26 Å². The predicted molar refractivity (Wildman–Crippen MR) is 66.2 cm³/mol. The zero-order chi connectivity index (χ0) is 11.8. The first-order chi connectivity index (χ1) is 7.48. The van der Waals surface area contributed by atoms with E-state index in [0.29, 0.717) is 0 Å². The average molecular weight is 322 g/mol. The number of aromatic nitrogens is 2. The molecule has 1 heterocycles. The summed E-state index contributed by atoms with van der Waals surface area (Å²) in [6.45, 7) is 0. The van der Waals surface area contributed by atoms with Crippen LogP contribution in [0.5, 0.6) is 0 Å². The Bertz CT molecular complexity index is 438. The zero-order valence-electron chi connectivity index (χ0n) is 10.1. The van der Waals surface area contributed by atoms with Gasteiger partial charge in [-0.3, -0.25) is 0 Å². The molecule has 0 atom stereocenters. The summed E-state index contributed by atoms with van der Waals surface area (Å²) in [5.74, 6) is 0. The van der Waals surface area contributed by atoms with Gasteiger partial charge >= 0.3 is 101 Å². The van der Waals surface area contributed by atoms with Gasteiger partial charge in [-0.15, -0.1) is 0 Å². The Morgan fingerprint density at radius 1 is 1.31 bits per heavy atom. The molecule has 4 heteroatoms. The monoisotopic (exact) mass is 323 g/mol. The summed E-state index contributed by atoms with van der Waals surface area (Å²) >= 11 is -2.13. The van der Waals surface area contributed by atoms with Crippen molar-refractivity contribution in [1.82, 2.24) is 9.97 Å². The Morgan fingerprint density at radius 3 is 2.44 bits per heavy atom. The molecule has 0 unspecified atom stereocenters. The Kier molecular flexibility index (Phi) is 2.95. The van der Waals surface area contributed by atoms with Crippen molar-refractivity contribution in [3.05, 3.63) is 18.1 Å². The van der Waals surface area contributed by atoms with Gasteiger partial charge < -0.3 is 0 Å². The molecule has 0 amide bonds. The molecule has 2 rings (SSSR count). The van der Waals surface area contributed by atoms with Crippen molar-refractivity contribution < 1.29 is 0 Å². The first-order valence-electron chi connectivity index (χ1n) is 5.72. The fourth-order valence-corrected chi connectivity index (χ4v) is 4.88. The van der Waals surface area contributed by atoms with Crippen LogP contribution in [0.2, 0.25) is 14.8 Å². The Hall–Kier alpha value is -0.631. The summed E-state index contributed by atoms with van der Waals surface area (Å²) in [6, 6.07) is 4.54. The van der Waals surface area contributed by atoms with Crippen LogP contribution in [0.3, 0.4) is 0 Å². The molecule has 0 aromatic carbocycles. The van der Waals surface area contributed by atoms with E-state index >= 15 is 0 Å². The van der Waals surface area contributed by atoms with E-state index in [1.807, 2.05) is 0 Å². The van der Waals surface area contributed by atoms with Crippen LogP contribution >= 0.6 is 0 Å². The molecular weight excluding hydrogens is 305 g/mol. The summed E-state index contributed by atoms with van der Waals surface area (Å²) in [7, 11) is 0. The van der Waals surface area contributed by atoms with Gasteiger partial charge in [-0.1, -0.05) is 0 Å². The summed E-state index contributed by atoms with van der Waals surface area (Å²) in [6.07, 6.45) is 4.70. The van der Waals surface area contributed by atoms with E-state index < -0.39 is 18.4 Å². The van der Waals surface area contributed by atoms with Crippen molar-refractivity contribution in [2.24, 2.45) is 0 Å². The van der Waals surface area contributed by atoms with E-state index in [4.69, 9.17) is 0 Å². The Balaban J connectivity index is 2.41. The summed E-state index contributed by atoms with van der Waals surface area (Å²) in [4.78, 5) is 15.7. The molecule has 3 nitrogen and oxygen atoms in total. The first kappa shape index (κ1) is 11.8. The van der Waals surface area contributed by atoms with Gasteiger partial charge in [0, 0.05) is 0 Å². The third kappa shape index (κ3) is 1.95. The van der Waals surface area contributed by atoms with Crippen LogP contribution < -0.4 is 3.71 Å². The summed E-state index contributed by atoms with van der Waals surface area (Å²) in [5.41, 5.74) is 0.660. The normalized spacial score (nSPS) is 18.6. The predicted octanol–water partition coefficient (Wildman–Crippen LogP) is 1.97. The minimum absolute atomic E-state index is 0.297. The van der Waals surface area contributed by atoms with Crippen molar-refractivity contribution >= 4 is 22.1 Å². The topological polar surface area (TPSA) is 49.6 Å². The van der Waals surface area contributed by atoms with E-state index in [1.54, 1.807) is 6.33 Å². The number of rotatable bonds is 2. The molecule has 0 saturated heterocycles. The summed E-state index contributed by atoms with van der Waals surface area (Å²) < 4.78 is 1.22. The number of hydrogen-bond acceptors (Lipinski definition) is 3. The van der Waals surface area contributed by atoms with E-state index in [0.717, 1.165) is 25.0 Å². The quantitative estimate of drug-likeness (QED) is 0.782. The second-order valence-electron chi connectivity index (χ2n) is 5.59. The molecule has 0 N–H and O–H groups in total. The van der Waals surface area contributed by atoms with E-state index in [-0.39, 0.29) is 5.41 Å². The molecule has 1 aliphatic rings. The van der Waals surface area contributed by atoms with Crippen LogP contribution in [0.1, 0.15) is 25.0 Å². The molecule has 1 aliphatic carbocycles. The molecule has 16 heavy (non-hydrogen) atoms. The van der Waals surface area contributed by atoms with Crippen LogP contribution in [-0.2, 0) is 5.41 Å². The molecule has 1 aromatic heterocycles. The molecule has 1 saturated carbocycles. The molecular formula is C12H17N3Sn. The van der Waals surface area contributed by atoms with Gasteiger partial charge in [0.2, 0.25) is 0 Å². The van der Waals surface area contributed by atoms with Gasteiger partial charge in [0.05, 0.1) is 0 Å². The average Bonchev–Trinajstić information content (AvgIpc) is 2.16. The molecule has 84 valence electrons. The van der Waals surface area contributed by atoms with Crippen molar-refractivity contribution in [3.8, 4) is 6.07 Å². The fourth-order valence-electron chi connectivity index (χ4n) is 1.98. The Labute approximate surface area is 101 Å². The number of hydrogen-bond donors (Lipinski definition) is 0.